The number of para-hydroxylation sites is 1. The van der Waals surface area contributed by atoms with E-state index in [0.717, 1.165) is 21.8 Å². The van der Waals surface area contributed by atoms with E-state index in [4.69, 9.17) is 9.84 Å². The molecule has 4 rings (SSSR count). The molecule has 0 spiro atoms. The van der Waals surface area contributed by atoms with Crippen molar-refractivity contribution in [1.29, 1.82) is 0 Å². The van der Waals surface area contributed by atoms with Crippen LogP contribution >= 0.6 is 11.8 Å². The van der Waals surface area contributed by atoms with Crippen LogP contribution in [0.15, 0.2) is 95.5 Å². The fraction of sp³-hybridized carbons (Fsp3) is 0.241. The highest BCUT2D eigenvalue weighted by Gasteiger charge is 2.24. The quantitative estimate of drug-likeness (QED) is 0.428. The number of aliphatic carboxylic acids is 1. The van der Waals surface area contributed by atoms with E-state index in [0.29, 0.717) is 25.1 Å². The van der Waals surface area contributed by atoms with Crippen molar-refractivity contribution >= 4 is 23.6 Å². The lowest BCUT2D eigenvalue weighted by Crippen LogP contribution is -2.33. The summed E-state index contributed by atoms with van der Waals surface area (Å²) in [5.41, 5.74) is 3.31. The Kier molecular flexibility index (Phi) is 8.27. The van der Waals surface area contributed by atoms with Crippen molar-refractivity contribution in [2.75, 3.05) is 12.8 Å². The summed E-state index contributed by atoms with van der Waals surface area (Å²) >= 11 is 1.62. The first kappa shape index (κ1) is 24.6. The van der Waals surface area contributed by atoms with Crippen molar-refractivity contribution in [2.24, 2.45) is 11.8 Å². The minimum absolute atomic E-state index is 0.0318. The molecule has 0 fully saturated rings. The third-order valence-corrected chi connectivity index (χ3v) is 6.98. The first-order valence-corrected chi connectivity index (χ1v) is 12.9. The number of ether oxygens (including phenoxy) is 1. The molecule has 0 aliphatic heterocycles. The van der Waals surface area contributed by atoms with E-state index in [9.17, 15) is 9.59 Å². The van der Waals surface area contributed by atoms with E-state index < -0.39 is 5.97 Å². The Morgan fingerprint density at radius 1 is 1.09 bits per heavy atom. The molecule has 0 heterocycles. The maximum atomic E-state index is 13.3. The van der Waals surface area contributed by atoms with E-state index in [1.807, 2.05) is 66.9 Å². The topological polar surface area (TPSA) is 75.6 Å². The largest absolute Gasteiger partial charge is 0.488 e. The number of carboxylic acid groups (broad SMARTS) is 1. The molecule has 2 unspecified atom stereocenters. The highest BCUT2D eigenvalue weighted by molar-refractivity contribution is 7.98. The second-order valence-electron chi connectivity index (χ2n) is 8.52. The van der Waals surface area contributed by atoms with Gasteiger partial charge >= 0.3 is 5.97 Å². The predicted octanol–water partition coefficient (Wildman–Crippen LogP) is 5.59. The standard InChI is InChI=1S/C29H29NO4S/c1-35-27-12-5-4-11-26(27)34-19-20-13-14-22(15-16-28(31)32)25(17-20)29(33)30-18-23-9-6-8-21-7-2-3-10-24(21)23/h2-14,17,23-24H,15-16,18-19H2,1H3,(H,30,33)(H,31,32). The van der Waals surface area contributed by atoms with Crippen LogP contribution in [0.1, 0.15) is 27.9 Å². The first-order chi connectivity index (χ1) is 17.0. The minimum atomic E-state index is -0.888. The second kappa shape index (κ2) is 11.8. The van der Waals surface area contributed by atoms with Gasteiger partial charge < -0.3 is 15.2 Å². The van der Waals surface area contributed by atoms with Crippen LogP contribution in [-0.2, 0) is 17.8 Å². The molecule has 0 aromatic heterocycles. The highest BCUT2D eigenvalue weighted by Crippen LogP contribution is 2.31. The zero-order valence-electron chi connectivity index (χ0n) is 19.6. The molecular weight excluding hydrogens is 458 g/mol. The van der Waals surface area contributed by atoms with Crippen LogP contribution < -0.4 is 10.1 Å². The Morgan fingerprint density at radius 2 is 1.94 bits per heavy atom. The number of thioether (sulfide) groups is 1. The fourth-order valence-corrected chi connectivity index (χ4v) is 4.89. The molecule has 35 heavy (non-hydrogen) atoms. The number of amides is 1. The summed E-state index contributed by atoms with van der Waals surface area (Å²) in [6.07, 6.45) is 16.9. The van der Waals surface area contributed by atoms with Crippen LogP contribution in [0.25, 0.3) is 0 Å². The van der Waals surface area contributed by atoms with Crippen molar-refractivity contribution in [2.45, 2.75) is 24.3 Å². The number of fused-ring (bicyclic) bond motifs is 1. The minimum Gasteiger partial charge on any atom is -0.488 e. The predicted molar refractivity (Wildman–Crippen MR) is 140 cm³/mol. The Hall–Kier alpha value is -3.51. The molecule has 2 atom stereocenters. The maximum absolute atomic E-state index is 13.3. The van der Waals surface area contributed by atoms with Gasteiger partial charge in [-0.25, -0.2) is 0 Å². The Morgan fingerprint density at radius 3 is 2.77 bits per heavy atom. The molecule has 0 saturated carbocycles. The van der Waals surface area contributed by atoms with Crippen LogP contribution in [0.3, 0.4) is 0 Å². The van der Waals surface area contributed by atoms with Gasteiger partial charge in [-0.1, -0.05) is 66.8 Å². The van der Waals surface area contributed by atoms with Gasteiger partial charge in [0.15, 0.2) is 0 Å². The summed E-state index contributed by atoms with van der Waals surface area (Å²) in [7, 11) is 0. The van der Waals surface area contributed by atoms with E-state index in [-0.39, 0.29) is 24.2 Å². The SMILES string of the molecule is CSc1ccccc1OCc1ccc(CCC(=O)O)c(C(=O)NCC2C=CC=C3C=CC=CC32)c1. The highest BCUT2D eigenvalue weighted by atomic mass is 32.2. The summed E-state index contributed by atoms with van der Waals surface area (Å²) in [6.45, 7) is 0.811. The number of nitrogens with one attached hydrogen (secondary N) is 1. The van der Waals surface area contributed by atoms with Crippen molar-refractivity contribution in [3.05, 3.63) is 107 Å². The second-order valence-corrected chi connectivity index (χ2v) is 9.37. The van der Waals surface area contributed by atoms with Crippen LogP contribution in [0.4, 0.5) is 0 Å². The average Bonchev–Trinajstić information content (AvgIpc) is 2.89. The number of rotatable bonds is 10. The lowest BCUT2D eigenvalue weighted by Gasteiger charge is -2.27. The number of benzene rings is 2. The number of aryl methyl sites for hydroxylation is 1. The number of hydrogen-bond acceptors (Lipinski definition) is 4. The summed E-state index contributed by atoms with van der Waals surface area (Å²) in [5.74, 6) is 0.117. The molecule has 2 aromatic carbocycles. The van der Waals surface area contributed by atoms with Crippen LogP contribution in [-0.4, -0.2) is 29.8 Å². The van der Waals surface area contributed by atoms with Gasteiger partial charge in [-0.05, 0) is 47.6 Å². The van der Waals surface area contributed by atoms with Gasteiger partial charge in [0.25, 0.3) is 5.91 Å². The summed E-state index contributed by atoms with van der Waals surface area (Å²) in [5, 5.41) is 12.2. The van der Waals surface area contributed by atoms with Crippen LogP contribution in [0, 0.1) is 11.8 Å². The molecule has 0 bridgehead atoms. The molecule has 2 aliphatic rings. The maximum Gasteiger partial charge on any atom is 0.303 e. The number of carbonyl (C=O) groups excluding carboxylic acids is 1. The summed E-state index contributed by atoms with van der Waals surface area (Å²) in [4.78, 5) is 25.5. The molecule has 1 amide bonds. The number of hydrogen-bond donors (Lipinski definition) is 2. The number of carboxylic acids is 1. The van der Waals surface area contributed by atoms with Crippen molar-refractivity contribution in [1.82, 2.24) is 5.32 Å². The van der Waals surface area contributed by atoms with E-state index in [1.165, 1.54) is 5.57 Å². The average molecular weight is 488 g/mol. The van der Waals surface area contributed by atoms with Gasteiger partial charge in [-0.15, -0.1) is 11.8 Å². The fourth-order valence-electron chi connectivity index (χ4n) is 4.34. The molecule has 5 nitrogen and oxygen atoms in total. The molecule has 2 N–H and O–H groups in total. The smallest absolute Gasteiger partial charge is 0.303 e. The van der Waals surface area contributed by atoms with Gasteiger partial charge in [0, 0.05) is 35.3 Å². The molecular formula is C29H29NO4S. The Labute approximate surface area is 210 Å². The van der Waals surface area contributed by atoms with Gasteiger partial charge in [-0.2, -0.15) is 0 Å². The molecule has 180 valence electrons. The molecule has 0 radical (unpaired) electrons. The molecule has 0 saturated heterocycles. The third-order valence-electron chi connectivity index (χ3n) is 6.20. The monoisotopic (exact) mass is 487 g/mol. The van der Waals surface area contributed by atoms with E-state index in [2.05, 4.69) is 29.6 Å². The molecule has 6 heteroatoms. The normalized spacial score (nSPS) is 18.0. The van der Waals surface area contributed by atoms with Gasteiger partial charge in [0.2, 0.25) is 0 Å². The summed E-state index contributed by atoms with van der Waals surface area (Å²) in [6, 6.07) is 13.4. The lowest BCUT2D eigenvalue weighted by molar-refractivity contribution is -0.136. The van der Waals surface area contributed by atoms with Crippen LogP contribution in [0.2, 0.25) is 0 Å². The van der Waals surface area contributed by atoms with Crippen molar-refractivity contribution < 1.29 is 19.4 Å². The third kappa shape index (κ3) is 6.34. The number of carbonyl (C=O) groups is 2. The van der Waals surface area contributed by atoms with E-state index in [1.54, 1.807) is 11.8 Å². The van der Waals surface area contributed by atoms with E-state index >= 15 is 0 Å². The zero-order chi connectivity index (χ0) is 24.6. The molecule has 2 aromatic rings. The zero-order valence-corrected chi connectivity index (χ0v) is 20.5. The van der Waals surface area contributed by atoms with Gasteiger partial charge in [0.1, 0.15) is 12.4 Å². The van der Waals surface area contributed by atoms with Gasteiger partial charge in [-0.3, -0.25) is 9.59 Å². The van der Waals surface area contributed by atoms with Crippen molar-refractivity contribution in [3.8, 4) is 5.75 Å². The van der Waals surface area contributed by atoms with Crippen molar-refractivity contribution in [3.63, 3.8) is 0 Å². The number of allylic oxidation sites excluding steroid dienone is 7. The van der Waals surface area contributed by atoms with Gasteiger partial charge in [0.05, 0.1) is 0 Å². The Bertz CT molecular complexity index is 1210. The first-order valence-electron chi connectivity index (χ1n) is 11.7. The summed E-state index contributed by atoms with van der Waals surface area (Å²) < 4.78 is 6.03. The Balaban J connectivity index is 1.48. The molecule has 2 aliphatic carbocycles. The lowest BCUT2D eigenvalue weighted by atomic mass is 9.80. The van der Waals surface area contributed by atoms with Crippen LogP contribution in [0.5, 0.6) is 5.75 Å².